The Morgan fingerprint density at radius 3 is 2.73 bits per heavy atom. The van der Waals surface area contributed by atoms with Crippen molar-refractivity contribution in [1.29, 1.82) is 0 Å². The first-order valence-electron chi connectivity index (χ1n) is 9.05. The first kappa shape index (κ1) is 22.4. The van der Waals surface area contributed by atoms with Crippen molar-refractivity contribution in [3.63, 3.8) is 0 Å². The number of fused-ring (bicyclic) bond motifs is 1. The normalized spacial score (nSPS) is 28.3. The van der Waals surface area contributed by atoms with Gasteiger partial charge in [0.2, 0.25) is 11.2 Å². The lowest BCUT2D eigenvalue weighted by atomic mass is 9.93. The molecule has 0 radical (unpaired) electrons. The van der Waals surface area contributed by atoms with Crippen LogP contribution in [0.5, 0.6) is 0 Å². The second kappa shape index (κ2) is 7.76. The van der Waals surface area contributed by atoms with Crippen molar-refractivity contribution in [2.75, 3.05) is 5.73 Å². The summed E-state index contributed by atoms with van der Waals surface area (Å²) < 4.78 is 25.0. The van der Waals surface area contributed by atoms with Crippen molar-refractivity contribution in [2.45, 2.75) is 56.8 Å². The molecule has 6 atom stereocenters. The monoisotopic (exact) mass is 446 g/mol. The molecule has 0 amide bonds. The minimum absolute atomic E-state index is 0.0711. The van der Waals surface area contributed by atoms with Crippen molar-refractivity contribution >= 4 is 24.6 Å². The molecular weight excluding hydrogens is 421 g/mol. The van der Waals surface area contributed by atoms with Gasteiger partial charge in [-0.15, -0.1) is 0 Å². The van der Waals surface area contributed by atoms with E-state index in [9.17, 15) is 30.0 Å². The number of rotatable bonds is 7. The van der Waals surface area contributed by atoms with E-state index in [0.29, 0.717) is 4.73 Å². The first-order valence-corrected chi connectivity index (χ1v) is 10.6. The third-order valence-electron chi connectivity index (χ3n) is 5.21. The van der Waals surface area contributed by atoms with Gasteiger partial charge in [0, 0.05) is 6.42 Å². The standard InChI is InChI=1S/C16H24N5O8P/c1-4-16(3,29-30(26,27)8(2)22)5-9-11(23)12(24)15(28-9)20-6-18-10-13(17)21(25)7-19-14(10)20/h6-7,9,11-12,15,17,23-25H,2,4-5H2,1,3H3,(H2,22,26,27)/p+1/t9-,11-,12-,15-,16?/m1/s1. The van der Waals surface area contributed by atoms with Gasteiger partial charge in [0.25, 0.3) is 12.1 Å². The van der Waals surface area contributed by atoms with Crippen molar-refractivity contribution in [3.05, 3.63) is 24.7 Å². The number of nitrogen functional groups attached to an aromatic ring is 1. The Morgan fingerprint density at radius 1 is 1.47 bits per heavy atom. The highest BCUT2D eigenvalue weighted by atomic mass is 31.2. The molecule has 1 saturated heterocycles. The smallest absolute Gasteiger partial charge is 0.392 e. The average Bonchev–Trinajstić information content (AvgIpc) is 3.21. The second-order valence-corrected chi connectivity index (χ2v) is 9.12. The van der Waals surface area contributed by atoms with E-state index in [1.165, 1.54) is 17.8 Å². The van der Waals surface area contributed by atoms with Gasteiger partial charge in [0.05, 0.1) is 11.7 Å². The molecule has 3 heterocycles. The van der Waals surface area contributed by atoms with Gasteiger partial charge in [0.15, 0.2) is 11.7 Å². The number of anilines is 1. The number of imidazole rings is 1. The van der Waals surface area contributed by atoms with Gasteiger partial charge in [-0.1, -0.05) is 16.6 Å². The third-order valence-corrected chi connectivity index (χ3v) is 6.55. The molecule has 1 fully saturated rings. The fraction of sp³-hybridized carbons (Fsp3) is 0.562. The molecule has 13 nitrogen and oxygen atoms in total. The molecule has 0 spiro atoms. The molecule has 2 aromatic rings. The van der Waals surface area contributed by atoms with Crippen LogP contribution in [0.1, 0.15) is 32.9 Å². The number of aliphatic hydroxyl groups excluding tert-OH is 3. The van der Waals surface area contributed by atoms with Gasteiger partial charge in [-0.3, -0.25) is 13.7 Å². The fourth-order valence-electron chi connectivity index (χ4n) is 3.28. The van der Waals surface area contributed by atoms with E-state index in [-0.39, 0.29) is 29.8 Å². The number of hydrogen-bond acceptors (Lipinski definition) is 10. The van der Waals surface area contributed by atoms with Crippen molar-refractivity contribution in [2.24, 2.45) is 0 Å². The molecule has 0 bridgehead atoms. The molecule has 14 heteroatoms. The van der Waals surface area contributed by atoms with Crippen LogP contribution >= 0.6 is 7.60 Å². The van der Waals surface area contributed by atoms with E-state index in [0.717, 1.165) is 6.33 Å². The fourth-order valence-corrected chi connectivity index (χ4v) is 4.19. The summed E-state index contributed by atoms with van der Waals surface area (Å²) in [5.74, 6) is -0.0711. The minimum atomic E-state index is -4.50. The van der Waals surface area contributed by atoms with Crippen LogP contribution in [0.15, 0.2) is 24.7 Å². The predicted molar refractivity (Wildman–Crippen MR) is 101 cm³/mol. The lowest BCUT2D eigenvalue weighted by Crippen LogP contribution is -2.38. The molecule has 7 N–H and O–H groups in total. The summed E-state index contributed by atoms with van der Waals surface area (Å²) in [5.41, 5.74) is 3.85. The van der Waals surface area contributed by atoms with E-state index in [2.05, 4.69) is 16.5 Å². The lowest BCUT2D eigenvalue weighted by molar-refractivity contribution is -0.894. The maximum Gasteiger partial charge on any atom is 0.392 e. The quantitative estimate of drug-likeness (QED) is 0.144. The van der Waals surface area contributed by atoms with Gasteiger partial charge in [0.1, 0.15) is 18.5 Å². The summed E-state index contributed by atoms with van der Waals surface area (Å²) in [6, 6.07) is 0. The van der Waals surface area contributed by atoms with Crippen LogP contribution in [0.3, 0.4) is 0 Å². The Bertz CT molecular complexity index is 1010. The van der Waals surface area contributed by atoms with Gasteiger partial charge in [-0.05, 0) is 19.9 Å². The lowest BCUT2D eigenvalue weighted by Gasteiger charge is -2.33. The summed E-state index contributed by atoms with van der Waals surface area (Å²) in [6.45, 7) is 6.25. The number of nitrogens with two attached hydrogens (primary N) is 1. The molecule has 0 aromatic carbocycles. The third kappa shape index (κ3) is 3.87. The number of aliphatic hydroxyl groups is 3. The Kier molecular flexibility index (Phi) is 5.80. The number of nitrogens with zero attached hydrogens (tertiary/aromatic N) is 4. The topological polar surface area (TPSA) is 197 Å². The zero-order valence-corrected chi connectivity index (χ0v) is 17.3. The van der Waals surface area contributed by atoms with E-state index < -0.39 is 43.2 Å². The van der Waals surface area contributed by atoms with Crippen LogP contribution in [0, 0.1) is 0 Å². The van der Waals surface area contributed by atoms with Gasteiger partial charge in [-0.25, -0.2) is 4.98 Å². The van der Waals surface area contributed by atoms with E-state index >= 15 is 0 Å². The van der Waals surface area contributed by atoms with Gasteiger partial charge >= 0.3 is 7.60 Å². The molecule has 2 unspecified atom stereocenters. The van der Waals surface area contributed by atoms with Crippen LogP contribution in [0.25, 0.3) is 11.2 Å². The Morgan fingerprint density at radius 2 is 2.13 bits per heavy atom. The Hall–Kier alpha value is -2.28. The number of ether oxygens (including phenoxy) is 1. The first-order chi connectivity index (χ1) is 13.9. The van der Waals surface area contributed by atoms with Crippen LogP contribution in [-0.4, -0.2) is 63.9 Å². The van der Waals surface area contributed by atoms with Crippen LogP contribution in [0.4, 0.5) is 5.82 Å². The van der Waals surface area contributed by atoms with Crippen molar-refractivity contribution in [1.82, 2.24) is 14.5 Å². The van der Waals surface area contributed by atoms with Crippen molar-refractivity contribution < 1.29 is 44.0 Å². The highest BCUT2D eigenvalue weighted by Crippen LogP contribution is 2.53. The summed E-state index contributed by atoms with van der Waals surface area (Å²) >= 11 is 0. The van der Waals surface area contributed by atoms with Crippen LogP contribution in [0.2, 0.25) is 0 Å². The maximum absolute atomic E-state index is 12.0. The largest absolute Gasteiger partial charge is 0.502 e. The molecule has 3 rings (SSSR count). The van der Waals surface area contributed by atoms with E-state index in [4.69, 9.17) is 15.0 Å². The van der Waals surface area contributed by atoms with E-state index in [1.807, 2.05) is 0 Å². The van der Waals surface area contributed by atoms with Gasteiger partial charge < -0.3 is 35.9 Å². The predicted octanol–water partition coefficient (Wildman–Crippen LogP) is -0.0525. The highest BCUT2D eigenvalue weighted by Gasteiger charge is 2.48. The summed E-state index contributed by atoms with van der Waals surface area (Å²) in [5, 5.41) is 39.9. The van der Waals surface area contributed by atoms with Crippen LogP contribution < -0.4 is 10.5 Å². The molecule has 0 saturated carbocycles. The number of hydrogen-bond donors (Lipinski definition) is 6. The molecule has 1 aliphatic heterocycles. The Labute approximate surface area is 171 Å². The molecule has 1 aliphatic rings. The zero-order valence-electron chi connectivity index (χ0n) is 16.4. The number of aromatic nitrogens is 4. The van der Waals surface area contributed by atoms with Crippen molar-refractivity contribution in [3.8, 4) is 0 Å². The molecule has 166 valence electrons. The Balaban J connectivity index is 1.86. The molecule has 0 aliphatic carbocycles. The minimum Gasteiger partial charge on any atom is -0.502 e. The summed E-state index contributed by atoms with van der Waals surface area (Å²) in [7, 11) is -4.50. The SMILES string of the molecule is C=C(O)P(=O)(O)OC(C)(CC)C[C@H]1O[C@@H](n2cnc3c(N)[n+](O)cnc32)[C@H](O)[C@@H]1O. The molecule has 2 aromatic heterocycles. The summed E-state index contributed by atoms with van der Waals surface area (Å²) in [4.78, 5) is 17.9. The van der Waals surface area contributed by atoms with Gasteiger partial charge in [-0.2, -0.15) is 0 Å². The highest BCUT2D eigenvalue weighted by molar-refractivity contribution is 7.57. The van der Waals surface area contributed by atoms with E-state index in [1.54, 1.807) is 6.92 Å². The molecule has 30 heavy (non-hydrogen) atoms. The average molecular weight is 446 g/mol. The second-order valence-electron chi connectivity index (χ2n) is 7.38. The molecular formula is C16H25N5O8P+. The maximum atomic E-state index is 12.0. The van der Waals surface area contributed by atoms with Crippen LogP contribution in [-0.2, 0) is 13.8 Å². The zero-order chi connectivity index (χ0) is 22.4. The summed E-state index contributed by atoms with van der Waals surface area (Å²) in [6.07, 6.45) is -2.31.